The number of nitrogen functional groups attached to an aromatic ring is 1. The first-order valence-electron chi connectivity index (χ1n) is 7.50. The van der Waals surface area contributed by atoms with Gasteiger partial charge in [-0.2, -0.15) is 0 Å². The van der Waals surface area contributed by atoms with Crippen LogP contribution in [0.2, 0.25) is 5.02 Å². The minimum atomic E-state index is 0.212. The molecule has 0 aliphatic carbocycles. The van der Waals surface area contributed by atoms with Crippen LogP contribution >= 0.6 is 23.4 Å². The van der Waals surface area contributed by atoms with E-state index in [1.54, 1.807) is 13.2 Å². The van der Waals surface area contributed by atoms with E-state index in [1.165, 1.54) is 16.4 Å². The van der Waals surface area contributed by atoms with Gasteiger partial charge in [-0.3, -0.25) is 0 Å². The van der Waals surface area contributed by atoms with Gasteiger partial charge in [0.2, 0.25) is 5.16 Å². The van der Waals surface area contributed by atoms with Gasteiger partial charge >= 0.3 is 0 Å². The van der Waals surface area contributed by atoms with E-state index in [9.17, 15) is 0 Å². The fraction of sp³-hybridized carbons (Fsp3) is 0.176. The SMILES string of the molecule is COc1cccc(OCc2nnc(SCc3ccccc3Cl)n2N)c1. The molecule has 3 rings (SSSR count). The summed E-state index contributed by atoms with van der Waals surface area (Å²) < 4.78 is 12.3. The zero-order valence-corrected chi connectivity index (χ0v) is 15.1. The van der Waals surface area contributed by atoms with Gasteiger partial charge in [-0.15, -0.1) is 10.2 Å². The van der Waals surface area contributed by atoms with Crippen LogP contribution in [0, 0.1) is 0 Å². The van der Waals surface area contributed by atoms with E-state index >= 15 is 0 Å². The number of hydrogen-bond acceptors (Lipinski definition) is 6. The highest BCUT2D eigenvalue weighted by molar-refractivity contribution is 7.98. The first-order chi connectivity index (χ1) is 12.2. The van der Waals surface area contributed by atoms with E-state index in [0.29, 0.717) is 22.5 Å². The van der Waals surface area contributed by atoms with Gasteiger partial charge in [0.1, 0.15) is 18.1 Å². The summed E-state index contributed by atoms with van der Waals surface area (Å²) in [4.78, 5) is 0. The van der Waals surface area contributed by atoms with Gasteiger partial charge in [0.25, 0.3) is 0 Å². The summed E-state index contributed by atoms with van der Waals surface area (Å²) >= 11 is 7.63. The molecule has 0 atom stereocenters. The third kappa shape index (κ3) is 4.37. The first kappa shape index (κ1) is 17.4. The standard InChI is InChI=1S/C17H17ClN4O2S/c1-23-13-6-4-7-14(9-13)24-10-16-20-21-17(22(16)19)25-11-12-5-2-3-8-15(12)18/h2-9H,10-11,19H2,1H3. The molecule has 0 fully saturated rings. The zero-order chi connectivity index (χ0) is 17.6. The number of rotatable bonds is 7. The third-order valence-electron chi connectivity index (χ3n) is 3.46. The average Bonchev–Trinajstić information content (AvgIpc) is 2.99. The summed E-state index contributed by atoms with van der Waals surface area (Å²) in [6, 6.07) is 15.0. The Kier molecular flexibility index (Phi) is 5.67. The average molecular weight is 377 g/mol. The Balaban J connectivity index is 1.62. The van der Waals surface area contributed by atoms with Crippen LogP contribution in [0.4, 0.5) is 0 Å². The lowest BCUT2D eigenvalue weighted by Gasteiger charge is -2.08. The molecule has 3 aromatic rings. The van der Waals surface area contributed by atoms with Crippen LogP contribution in [-0.2, 0) is 12.4 Å². The van der Waals surface area contributed by atoms with Gasteiger partial charge < -0.3 is 15.3 Å². The molecule has 0 saturated carbocycles. The molecule has 0 bridgehead atoms. The lowest BCUT2D eigenvalue weighted by molar-refractivity contribution is 0.289. The largest absolute Gasteiger partial charge is 0.497 e. The number of methoxy groups -OCH3 is 1. The molecule has 8 heteroatoms. The molecular formula is C17H17ClN4O2S. The van der Waals surface area contributed by atoms with Crippen molar-refractivity contribution >= 4 is 23.4 Å². The van der Waals surface area contributed by atoms with Crippen LogP contribution in [-0.4, -0.2) is 22.0 Å². The van der Waals surface area contributed by atoms with Crippen LogP contribution in [0.3, 0.4) is 0 Å². The van der Waals surface area contributed by atoms with Crippen molar-refractivity contribution < 1.29 is 9.47 Å². The highest BCUT2D eigenvalue weighted by atomic mass is 35.5. The normalized spacial score (nSPS) is 10.6. The second-order valence-electron chi connectivity index (χ2n) is 5.12. The van der Waals surface area contributed by atoms with Crippen LogP contribution in [0.5, 0.6) is 11.5 Å². The zero-order valence-electron chi connectivity index (χ0n) is 13.6. The molecule has 0 radical (unpaired) electrons. The molecule has 0 unspecified atom stereocenters. The summed E-state index contributed by atoms with van der Waals surface area (Å²) in [6.07, 6.45) is 0. The van der Waals surface area contributed by atoms with Crippen molar-refractivity contribution in [2.45, 2.75) is 17.5 Å². The second-order valence-corrected chi connectivity index (χ2v) is 6.47. The lowest BCUT2D eigenvalue weighted by atomic mass is 10.2. The Bertz CT molecular complexity index is 856. The number of aromatic nitrogens is 3. The molecule has 0 amide bonds. The fourth-order valence-corrected chi connectivity index (χ4v) is 3.26. The van der Waals surface area contributed by atoms with Crippen LogP contribution in [0.25, 0.3) is 0 Å². The van der Waals surface area contributed by atoms with Crippen molar-refractivity contribution in [3.63, 3.8) is 0 Å². The Morgan fingerprint density at radius 2 is 1.92 bits per heavy atom. The molecule has 2 N–H and O–H groups in total. The number of hydrogen-bond donors (Lipinski definition) is 1. The third-order valence-corrected chi connectivity index (χ3v) is 4.82. The number of halogens is 1. The van der Waals surface area contributed by atoms with Crippen molar-refractivity contribution in [3.05, 3.63) is 64.9 Å². The predicted octanol–water partition coefficient (Wildman–Crippen LogP) is 3.53. The van der Waals surface area contributed by atoms with Crippen molar-refractivity contribution in [1.82, 2.24) is 14.9 Å². The van der Waals surface area contributed by atoms with E-state index < -0.39 is 0 Å². The Labute approximate surface area is 154 Å². The summed E-state index contributed by atoms with van der Waals surface area (Å²) in [5.74, 6) is 8.65. The quantitative estimate of drug-likeness (QED) is 0.502. The topological polar surface area (TPSA) is 75.2 Å². The Morgan fingerprint density at radius 1 is 1.12 bits per heavy atom. The van der Waals surface area contributed by atoms with Crippen LogP contribution in [0.15, 0.2) is 53.7 Å². The smallest absolute Gasteiger partial charge is 0.210 e. The molecule has 6 nitrogen and oxygen atoms in total. The molecule has 0 spiro atoms. The van der Waals surface area contributed by atoms with Crippen molar-refractivity contribution in [2.24, 2.45) is 0 Å². The summed E-state index contributed by atoms with van der Waals surface area (Å²) in [5, 5.41) is 9.52. The molecule has 0 aliphatic rings. The molecular weight excluding hydrogens is 360 g/mol. The van der Waals surface area contributed by atoms with Crippen molar-refractivity contribution in [1.29, 1.82) is 0 Å². The highest BCUT2D eigenvalue weighted by Gasteiger charge is 2.12. The van der Waals surface area contributed by atoms with Crippen LogP contribution in [0.1, 0.15) is 11.4 Å². The van der Waals surface area contributed by atoms with Gasteiger partial charge in [0.05, 0.1) is 7.11 Å². The predicted molar refractivity (Wildman–Crippen MR) is 98.5 cm³/mol. The van der Waals surface area contributed by atoms with Crippen LogP contribution < -0.4 is 15.3 Å². The maximum absolute atomic E-state index is 6.16. The fourth-order valence-electron chi connectivity index (χ4n) is 2.10. The molecule has 130 valence electrons. The summed E-state index contributed by atoms with van der Waals surface area (Å²) in [5.41, 5.74) is 1.02. The van der Waals surface area contributed by atoms with E-state index in [2.05, 4.69) is 10.2 Å². The number of nitrogens with zero attached hydrogens (tertiary/aromatic N) is 3. The van der Waals surface area contributed by atoms with E-state index in [0.717, 1.165) is 16.3 Å². The van der Waals surface area contributed by atoms with Crippen molar-refractivity contribution in [2.75, 3.05) is 13.0 Å². The van der Waals surface area contributed by atoms with Gasteiger partial charge in [0.15, 0.2) is 5.82 Å². The molecule has 0 saturated heterocycles. The number of benzene rings is 2. The first-order valence-corrected chi connectivity index (χ1v) is 8.86. The lowest BCUT2D eigenvalue weighted by Crippen LogP contribution is -2.15. The molecule has 0 aliphatic heterocycles. The molecule has 1 aromatic heterocycles. The minimum absolute atomic E-state index is 0.212. The van der Waals surface area contributed by atoms with E-state index in [4.69, 9.17) is 26.9 Å². The van der Waals surface area contributed by atoms with Crippen molar-refractivity contribution in [3.8, 4) is 11.5 Å². The highest BCUT2D eigenvalue weighted by Crippen LogP contribution is 2.25. The minimum Gasteiger partial charge on any atom is -0.497 e. The number of ether oxygens (including phenoxy) is 2. The van der Waals surface area contributed by atoms with Gasteiger partial charge in [-0.05, 0) is 23.8 Å². The number of thioether (sulfide) groups is 1. The molecule has 2 aromatic carbocycles. The summed E-state index contributed by atoms with van der Waals surface area (Å²) in [6.45, 7) is 0.212. The monoisotopic (exact) mass is 376 g/mol. The van der Waals surface area contributed by atoms with E-state index in [1.807, 2.05) is 42.5 Å². The Morgan fingerprint density at radius 3 is 2.72 bits per heavy atom. The van der Waals surface area contributed by atoms with Gasteiger partial charge in [-0.25, -0.2) is 4.68 Å². The van der Waals surface area contributed by atoms with Gasteiger partial charge in [-0.1, -0.05) is 47.6 Å². The summed E-state index contributed by atoms with van der Waals surface area (Å²) in [7, 11) is 1.61. The molecule has 25 heavy (non-hydrogen) atoms. The second kappa shape index (κ2) is 8.13. The van der Waals surface area contributed by atoms with E-state index in [-0.39, 0.29) is 6.61 Å². The Hall–Kier alpha value is -2.38. The number of nitrogens with two attached hydrogens (primary N) is 1. The van der Waals surface area contributed by atoms with Gasteiger partial charge in [0, 0.05) is 16.8 Å². The maximum Gasteiger partial charge on any atom is 0.210 e. The molecule has 1 heterocycles. The maximum atomic E-state index is 6.16.